The van der Waals surface area contributed by atoms with Crippen LogP contribution in [0.2, 0.25) is 0 Å². The number of furan rings is 1. The van der Waals surface area contributed by atoms with Crippen LogP contribution in [0, 0.1) is 6.92 Å². The van der Waals surface area contributed by atoms with E-state index < -0.39 is 0 Å². The lowest BCUT2D eigenvalue weighted by molar-refractivity contribution is 0.101. The van der Waals surface area contributed by atoms with Gasteiger partial charge in [0.2, 0.25) is 5.78 Å². The summed E-state index contributed by atoms with van der Waals surface area (Å²) in [4.78, 5) is 12.5. The van der Waals surface area contributed by atoms with Crippen LogP contribution in [0.15, 0.2) is 64.8 Å². The highest BCUT2D eigenvalue weighted by atomic mass is 16.5. The first-order chi connectivity index (χ1) is 13.1. The molecule has 1 aromatic heterocycles. The van der Waals surface area contributed by atoms with Gasteiger partial charge in [0.1, 0.15) is 35.4 Å². The Morgan fingerprint density at radius 1 is 1.00 bits per heavy atom. The molecular weight excluding hydrogens is 344 g/mol. The number of allylic oxidation sites excluding steroid dienone is 1. The number of Topliss-reactive ketones (excluding diaryl/α,β-unsaturated/α-hetero) is 1. The molecule has 3 aromatic rings. The Balaban J connectivity index is 1.47. The fraction of sp³-hybridized carbons (Fsp3) is 0.136. The van der Waals surface area contributed by atoms with Gasteiger partial charge in [-0.25, -0.2) is 0 Å². The molecule has 0 bridgehead atoms. The zero-order valence-electron chi connectivity index (χ0n) is 15.0. The first-order valence-corrected chi connectivity index (χ1v) is 8.53. The van der Waals surface area contributed by atoms with Crippen LogP contribution < -0.4 is 14.2 Å². The molecule has 0 aliphatic carbocycles. The molecule has 2 aromatic carbocycles. The molecule has 0 saturated heterocycles. The minimum Gasteiger partial charge on any atom is -0.497 e. The van der Waals surface area contributed by atoms with E-state index in [1.807, 2.05) is 37.3 Å². The van der Waals surface area contributed by atoms with Gasteiger partial charge in [-0.1, -0.05) is 12.1 Å². The first-order valence-electron chi connectivity index (χ1n) is 8.53. The molecular formula is C22H18O5. The molecule has 0 unspecified atom stereocenters. The number of hydrogen-bond acceptors (Lipinski definition) is 5. The minimum atomic E-state index is -0.166. The summed E-state index contributed by atoms with van der Waals surface area (Å²) >= 11 is 0. The van der Waals surface area contributed by atoms with Gasteiger partial charge in [0.25, 0.3) is 0 Å². The van der Waals surface area contributed by atoms with Gasteiger partial charge in [-0.15, -0.1) is 0 Å². The van der Waals surface area contributed by atoms with Crippen LogP contribution in [0.4, 0.5) is 0 Å². The SMILES string of the molecule is COc1ccc(COc2ccc3c(c2)OC(=Cc2ccc(C)o2)C3=O)cc1. The second kappa shape index (κ2) is 7.03. The van der Waals surface area contributed by atoms with Crippen molar-refractivity contribution in [3.63, 3.8) is 0 Å². The summed E-state index contributed by atoms with van der Waals surface area (Å²) in [6, 6.07) is 16.5. The van der Waals surface area contributed by atoms with Crippen LogP contribution in [-0.2, 0) is 6.61 Å². The van der Waals surface area contributed by atoms with Gasteiger partial charge in [0.05, 0.1) is 12.7 Å². The number of ketones is 1. The third-order valence-electron chi connectivity index (χ3n) is 4.24. The van der Waals surface area contributed by atoms with Gasteiger partial charge in [-0.2, -0.15) is 0 Å². The highest BCUT2D eigenvalue weighted by Crippen LogP contribution is 2.35. The Morgan fingerprint density at radius 3 is 2.48 bits per heavy atom. The quantitative estimate of drug-likeness (QED) is 0.611. The van der Waals surface area contributed by atoms with Crippen molar-refractivity contribution < 1.29 is 23.4 Å². The summed E-state index contributed by atoms with van der Waals surface area (Å²) in [5.41, 5.74) is 1.53. The lowest BCUT2D eigenvalue weighted by atomic mass is 10.1. The van der Waals surface area contributed by atoms with Crippen molar-refractivity contribution in [2.75, 3.05) is 7.11 Å². The molecule has 0 fully saturated rings. The zero-order valence-corrected chi connectivity index (χ0v) is 15.0. The molecule has 1 aliphatic heterocycles. The number of carbonyl (C=O) groups excluding carboxylic acids is 1. The third-order valence-corrected chi connectivity index (χ3v) is 4.24. The molecule has 0 N–H and O–H groups in total. The fourth-order valence-corrected chi connectivity index (χ4v) is 2.81. The maximum Gasteiger partial charge on any atom is 0.232 e. The van der Waals surface area contributed by atoms with Crippen molar-refractivity contribution in [3.05, 3.63) is 83.0 Å². The third kappa shape index (κ3) is 3.58. The number of hydrogen-bond donors (Lipinski definition) is 0. The highest BCUT2D eigenvalue weighted by Gasteiger charge is 2.28. The Morgan fingerprint density at radius 2 is 1.78 bits per heavy atom. The largest absolute Gasteiger partial charge is 0.497 e. The average Bonchev–Trinajstić information content (AvgIpc) is 3.23. The predicted octanol–water partition coefficient (Wildman–Crippen LogP) is 4.79. The van der Waals surface area contributed by atoms with Gasteiger partial charge in [0.15, 0.2) is 5.76 Å². The summed E-state index contributed by atoms with van der Waals surface area (Å²) in [6.07, 6.45) is 1.60. The minimum absolute atomic E-state index is 0.166. The normalized spacial score (nSPS) is 14.1. The first kappa shape index (κ1) is 17.0. The van der Waals surface area contributed by atoms with E-state index in [2.05, 4.69) is 0 Å². The standard InChI is InChI=1S/C22H18O5/c1-14-3-6-18(26-14)12-21-22(23)19-10-9-17(11-20(19)27-21)25-13-15-4-7-16(24-2)8-5-15/h3-12H,13H2,1-2H3. The molecule has 2 heterocycles. The molecule has 5 nitrogen and oxygen atoms in total. The second-order valence-corrected chi connectivity index (χ2v) is 6.18. The Bertz CT molecular complexity index is 1010. The molecule has 1 aliphatic rings. The summed E-state index contributed by atoms with van der Waals surface area (Å²) in [6.45, 7) is 2.26. The van der Waals surface area contributed by atoms with Crippen LogP contribution in [0.25, 0.3) is 6.08 Å². The van der Waals surface area contributed by atoms with Crippen LogP contribution in [0.3, 0.4) is 0 Å². The Labute approximate surface area is 156 Å². The smallest absolute Gasteiger partial charge is 0.232 e. The number of carbonyl (C=O) groups is 1. The summed E-state index contributed by atoms with van der Waals surface area (Å²) < 4.78 is 22.1. The summed E-state index contributed by atoms with van der Waals surface area (Å²) in [7, 11) is 1.63. The van der Waals surface area contributed by atoms with Crippen molar-refractivity contribution in [3.8, 4) is 17.2 Å². The molecule has 0 radical (unpaired) electrons. The predicted molar refractivity (Wildman–Crippen MR) is 100 cm³/mol. The van der Waals surface area contributed by atoms with Gasteiger partial charge >= 0.3 is 0 Å². The number of methoxy groups -OCH3 is 1. The van der Waals surface area contributed by atoms with Gasteiger partial charge < -0.3 is 18.6 Å². The molecule has 0 amide bonds. The number of fused-ring (bicyclic) bond motifs is 1. The molecule has 4 rings (SSSR count). The lowest BCUT2D eigenvalue weighted by Gasteiger charge is -2.08. The molecule has 136 valence electrons. The van der Waals surface area contributed by atoms with E-state index in [-0.39, 0.29) is 11.5 Å². The van der Waals surface area contributed by atoms with Gasteiger partial charge in [-0.3, -0.25) is 4.79 Å². The van der Waals surface area contributed by atoms with Crippen LogP contribution in [0.1, 0.15) is 27.4 Å². The molecule has 0 saturated carbocycles. The molecule has 0 spiro atoms. The van der Waals surface area contributed by atoms with E-state index in [1.54, 1.807) is 37.5 Å². The van der Waals surface area contributed by atoms with Crippen molar-refractivity contribution >= 4 is 11.9 Å². The topological polar surface area (TPSA) is 57.9 Å². The van der Waals surface area contributed by atoms with Crippen LogP contribution in [0.5, 0.6) is 17.2 Å². The van der Waals surface area contributed by atoms with E-state index in [0.29, 0.717) is 29.4 Å². The zero-order chi connectivity index (χ0) is 18.8. The monoisotopic (exact) mass is 362 g/mol. The van der Waals surface area contributed by atoms with E-state index in [4.69, 9.17) is 18.6 Å². The second-order valence-electron chi connectivity index (χ2n) is 6.18. The highest BCUT2D eigenvalue weighted by molar-refractivity contribution is 6.14. The maximum atomic E-state index is 12.5. The fourth-order valence-electron chi connectivity index (χ4n) is 2.81. The van der Waals surface area contributed by atoms with E-state index >= 15 is 0 Å². The molecule has 0 atom stereocenters. The molecule has 27 heavy (non-hydrogen) atoms. The lowest BCUT2D eigenvalue weighted by Crippen LogP contribution is -1.97. The molecule has 5 heteroatoms. The van der Waals surface area contributed by atoms with Crippen LogP contribution >= 0.6 is 0 Å². The maximum absolute atomic E-state index is 12.5. The van der Waals surface area contributed by atoms with E-state index in [1.165, 1.54) is 0 Å². The van der Waals surface area contributed by atoms with E-state index in [0.717, 1.165) is 17.1 Å². The number of aryl methyl sites for hydroxylation is 1. The average molecular weight is 362 g/mol. The van der Waals surface area contributed by atoms with Crippen molar-refractivity contribution in [1.82, 2.24) is 0 Å². The summed E-state index contributed by atoms with van der Waals surface area (Å²) in [5.74, 6) is 3.36. The Kier molecular flexibility index (Phi) is 4.42. The van der Waals surface area contributed by atoms with Crippen LogP contribution in [-0.4, -0.2) is 12.9 Å². The van der Waals surface area contributed by atoms with Crippen molar-refractivity contribution in [2.45, 2.75) is 13.5 Å². The summed E-state index contributed by atoms with van der Waals surface area (Å²) in [5, 5.41) is 0. The van der Waals surface area contributed by atoms with E-state index in [9.17, 15) is 4.79 Å². The number of benzene rings is 2. The number of rotatable bonds is 5. The van der Waals surface area contributed by atoms with Gasteiger partial charge in [-0.05, 0) is 48.9 Å². The van der Waals surface area contributed by atoms with Crippen molar-refractivity contribution in [2.24, 2.45) is 0 Å². The number of ether oxygens (including phenoxy) is 3. The Hall–Kier alpha value is -3.47. The van der Waals surface area contributed by atoms with Crippen molar-refractivity contribution in [1.29, 1.82) is 0 Å². The van der Waals surface area contributed by atoms with Gasteiger partial charge in [0, 0.05) is 12.1 Å².